The van der Waals surface area contributed by atoms with Crippen molar-refractivity contribution in [1.29, 1.82) is 0 Å². The van der Waals surface area contributed by atoms with Crippen LogP contribution in [0.4, 0.5) is 0 Å². The van der Waals surface area contributed by atoms with Gasteiger partial charge in [-0.3, -0.25) is 9.59 Å². The lowest BCUT2D eigenvalue weighted by atomic mass is 9.91. The van der Waals surface area contributed by atoms with Gasteiger partial charge in [-0.05, 0) is 76.3 Å². The van der Waals surface area contributed by atoms with Crippen molar-refractivity contribution in [1.82, 2.24) is 5.32 Å². The molecular weight excluding hydrogens is 643 g/mol. The quantitative estimate of drug-likeness (QED) is 0.0499. The Hall–Kier alpha value is -1.10. The Labute approximate surface area is 326 Å². The van der Waals surface area contributed by atoms with Crippen LogP contribution in [0.5, 0.6) is 0 Å². The van der Waals surface area contributed by atoms with Crippen LogP contribution in [0.3, 0.4) is 0 Å². The Morgan fingerprint density at radius 1 is 0.365 bits per heavy atom. The van der Waals surface area contributed by atoms with E-state index >= 15 is 0 Å². The molecule has 0 fully saturated rings. The average Bonchev–Trinajstić information content (AvgIpc) is 3.14. The number of carbonyl (C=O) groups excluding carboxylic acids is 2. The minimum atomic E-state index is 0.00234. The molecule has 0 saturated heterocycles. The molecule has 5 heteroatoms. The third-order valence-corrected chi connectivity index (χ3v) is 11.1. The van der Waals surface area contributed by atoms with E-state index in [4.69, 9.17) is 9.47 Å². The molecule has 0 rings (SSSR count). The van der Waals surface area contributed by atoms with Crippen LogP contribution < -0.4 is 5.32 Å². The predicted octanol–water partition coefficient (Wildman–Crippen LogP) is 14.6. The summed E-state index contributed by atoms with van der Waals surface area (Å²) in [5.41, 5.74) is 0. The van der Waals surface area contributed by atoms with E-state index in [1.165, 1.54) is 173 Å². The van der Waals surface area contributed by atoms with E-state index in [9.17, 15) is 9.59 Å². The molecule has 0 aliphatic heterocycles. The number of hydrogen-bond acceptors (Lipinski definition) is 5. The Kier molecular flexibility index (Phi) is 41.7. The molecule has 1 atom stereocenters. The highest BCUT2D eigenvalue weighted by Crippen LogP contribution is 2.24. The van der Waals surface area contributed by atoms with Gasteiger partial charge in [0.05, 0.1) is 13.2 Å². The predicted molar refractivity (Wildman–Crippen MR) is 226 cm³/mol. The highest BCUT2D eigenvalue weighted by atomic mass is 16.5. The molecule has 0 spiro atoms. The fourth-order valence-electron chi connectivity index (χ4n) is 7.61. The van der Waals surface area contributed by atoms with Gasteiger partial charge >= 0.3 is 11.9 Å². The molecule has 0 amide bonds. The van der Waals surface area contributed by atoms with Crippen LogP contribution >= 0.6 is 0 Å². The molecule has 0 bridgehead atoms. The number of hydrogen-bond donors (Lipinski definition) is 1. The van der Waals surface area contributed by atoms with Gasteiger partial charge in [0, 0.05) is 12.8 Å². The van der Waals surface area contributed by atoms with Crippen molar-refractivity contribution in [2.45, 2.75) is 252 Å². The maximum Gasteiger partial charge on any atom is 0.305 e. The molecule has 0 saturated carbocycles. The molecule has 0 radical (unpaired) electrons. The summed E-state index contributed by atoms with van der Waals surface area (Å²) in [5, 5.41) is 3.59. The molecule has 0 aromatic rings. The first-order chi connectivity index (χ1) is 25.6. The van der Waals surface area contributed by atoms with Gasteiger partial charge in [-0.15, -0.1) is 0 Å². The Morgan fingerprint density at radius 2 is 0.654 bits per heavy atom. The minimum Gasteiger partial charge on any atom is -0.466 e. The van der Waals surface area contributed by atoms with Crippen molar-refractivity contribution in [3.63, 3.8) is 0 Å². The van der Waals surface area contributed by atoms with Crippen LogP contribution in [-0.4, -0.2) is 38.2 Å². The molecule has 0 aromatic heterocycles. The number of rotatable bonds is 43. The van der Waals surface area contributed by atoms with Gasteiger partial charge in [0.2, 0.25) is 0 Å². The SMILES string of the molecule is CCCCCCC(CCCCC)CCCOC(=O)CCCCCCCNCCCCCCCC(=O)OCCCC(CCCCCC)CCCCCC. The second kappa shape index (κ2) is 42.6. The fraction of sp³-hybridized carbons (Fsp3) is 0.957. The Morgan fingerprint density at radius 3 is 1.04 bits per heavy atom. The molecular formula is C47H93NO4. The van der Waals surface area contributed by atoms with Crippen molar-refractivity contribution in [3.8, 4) is 0 Å². The third kappa shape index (κ3) is 38.6. The lowest BCUT2D eigenvalue weighted by Gasteiger charge is -2.17. The summed E-state index contributed by atoms with van der Waals surface area (Å²) < 4.78 is 11.2. The summed E-state index contributed by atoms with van der Waals surface area (Å²) in [6.07, 6.45) is 42.7. The molecule has 0 heterocycles. The van der Waals surface area contributed by atoms with E-state index in [1.54, 1.807) is 0 Å². The molecule has 0 aromatic carbocycles. The first-order valence-electron chi connectivity index (χ1n) is 23.6. The number of carbonyl (C=O) groups is 2. The van der Waals surface area contributed by atoms with Gasteiger partial charge in [0.25, 0.3) is 0 Å². The topological polar surface area (TPSA) is 64.6 Å². The lowest BCUT2D eigenvalue weighted by molar-refractivity contribution is -0.144. The van der Waals surface area contributed by atoms with Gasteiger partial charge in [-0.1, -0.05) is 188 Å². The van der Waals surface area contributed by atoms with Crippen LogP contribution in [0.25, 0.3) is 0 Å². The number of esters is 2. The van der Waals surface area contributed by atoms with E-state index < -0.39 is 0 Å². The molecule has 5 nitrogen and oxygen atoms in total. The van der Waals surface area contributed by atoms with Crippen molar-refractivity contribution < 1.29 is 19.1 Å². The van der Waals surface area contributed by atoms with Crippen molar-refractivity contribution in [2.75, 3.05) is 26.3 Å². The summed E-state index contributed by atoms with van der Waals surface area (Å²) in [6, 6.07) is 0. The monoisotopic (exact) mass is 736 g/mol. The summed E-state index contributed by atoms with van der Waals surface area (Å²) in [6.45, 7) is 12.5. The van der Waals surface area contributed by atoms with E-state index in [2.05, 4.69) is 33.0 Å². The molecule has 0 aliphatic rings. The smallest absolute Gasteiger partial charge is 0.305 e. The highest BCUT2D eigenvalue weighted by molar-refractivity contribution is 5.69. The molecule has 52 heavy (non-hydrogen) atoms. The molecule has 1 N–H and O–H groups in total. The van der Waals surface area contributed by atoms with Gasteiger partial charge < -0.3 is 14.8 Å². The van der Waals surface area contributed by atoms with Crippen molar-refractivity contribution >= 4 is 11.9 Å². The first-order valence-corrected chi connectivity index (χ1v) is 23.6. The van der Waals surface area contributed by atoms with Crippen LogP contribution in [0, 0.1) is 11.8 Å². The lowest BCUT2D eigenvalue weighted by Crippen LogP contribution is -2.16. The number of ether oxygens (including phenoxy) is 2. The molecule has 0 aliphatic carbocycles. The summed E-state index contributed by atoms with van der Waals surface area (Å²) in [7, 11) is 0. The van der Waals surface area contributed by atoms with Gasteiger partial charge in [-0.2, -0.15) is 0 Å². The highest BCUT2D eigenvalue weighted by Gasteiger charge is 2.11. The zero-order valence-electron chi connectivity index (χ0n) is 35.9. The normalized spacial score (nSPS) is 12.1. The van der Waals surface area contributed by atoms with E-state index in [0.29, 0.717) is 26.1 Å². The summed E-state index contributed by atoms with van der Waals surface area (Å²) in [5.74, 6) is 1.64. The number of nitrogens with one attached hydrogen (secondary N) is 1. The molecule has 310 valence electrons. The number of unbranched alkanes of at least 4 members (excludes halogenated alkanes) is 19. The Bertz CT molecular complexity index is 716. The van der Waals surface area contributed by atoms with Crippen LogP contribution in [0.15, 0.2) is 0 Å². The van der Waals surface area contributed by atoms with Gasteiger partial charge in [0.1, 0.15) is 0 Å². The van der Waals surface area contributed by atoms with Gasteiger partial charge in [0.15, 0.2) is 0 Å². The maximum atomic E-state index is 12.2. The standard InChI is InChI=1S/C47H93NO4/c1-5-9-13-23-33-44(32-22-12-8-4)36-30-42-51-46(49)38-26-18-16-20-28-40-48-41-29-21-17-19-27-39-47(50)52-43-31-37-45(34-24-14-10-6-2)35-25-15-11-7-3/h44-45,48H,5-43H2,1-4H3. The molecule has 1 unspecified atom stereocenters. The summed E-state index contributed by atoms with van der Waals surface area (Å²) in [4.78, 5) is 24.4. The van der Waals surface area contributed by atoms with Crippen LogP contribution in [0.2, 0.25) is 0 Å². The minimum absolute atomic E-state index is 0.00234. The summed E-state index contributed by atoms with van der Waals surface area (Å²) >= 11 is 0. The average molecular weight is 736 g/mol. The van der Waals surface area contributed by atoms with E-state index in [1.807, 2.05) is 0 Å². The Balaban J connectivity index is 3.60. The largest absolute Gasteiger partial charge is 0.466 e. The first kappa shape index (κ1) is 50.9. The second-order valence-corrected chi connectivity index (χ2v) is 16.3. The van der Waals surface area contributed by atoms with Crippen LogP contribution in [0.1, 0.15) is 252 Å². The fourth-order valence-corrected chi connectivity index (χ4v) is 7.61. The van der Waals surface area contributed by atoms with Crippen LogP contribution in [-0.2, 0) is 19.1 Å². The third-order valence-electron chi connectivity index (χ3n) is 11.1. The van der Waals surface area contributed by atoms with Gasteiger partial charge in [-0.25, -0.2) is 0 Å². The zero-order valence-corrected chi connectivity index (χ0v) is 35.9. The second-order valence-electron chi connectivity index (χ2n) is 16.3. The van der Waals surface area contributed by atoms with E-state index in [0.717, 1.165) is 63.5 Å². The maximum absolute atomic E-state index is 12.2. The zero-order chi connectivity index (χ0) is 38.0. The van der Waals surface area contributed by atoms with Crippen molar-refractivity contribution in [3.05, 3.63) is 0 Å². The van der Waals surface area contributed by atoms with Crippen molar-refractivity contribution in [2.24, 2.45) is 11.8 Å². The van der Waals surface area contributed by atoms with E-state index in [-0.39, 0.29) is 11.9 Å².